The number of rotatable bonds is 4. The van der Waals surface area contributed by atoms with Crippen molar-refractivity contribution in [1.29, 1.82) is 0 Å². The van der Waals surface area contributed by atoms with E-state index in [0.29, 0.717) is 11.5 Å². The molecule has 21 heavy (non-hydrogen) atoms. The molecule has 5 heteroatoms. The second-order valence-corrected chi connectivity index (χ2v) is 6.91. The molecule has 0 heterocycles. The summed E-state index contributed by atoms with van der Waals surface area (Å²) in [6.07, 6.45) is -0.919. The van der Waals surface area contributed by atoms with Gasteiger partial charge in [-0.05, 0) is 48.9 Å². The largest absolute Gasteiger partial charge is 0.416 e. The van der Waals surface area contributed by atoms with Gasteiger partial charge in [0.15, 0.2) is 0 Å². The fraction of sp³-hybridized carbons (Fsp3) is 0.625. The number of benzene rings is 1. The Morgan fingerprint density at radius 1 is 1.24 bits per heavy atom. The Morgan fingerprint density at radius 3 is 2.29 bits per heavy atom. The second-order valence-electron chi connectivity index (χ2n) is 6.47. The van der Waals surface area contributed by atoms with E-state index in [1.165, 1.54) is 6.07 Å². The monoisotopic (exact) mass is 319 g/mol. The highest BCUT2D eigenvalue weighted by Crippen LogP contribution is 2.48. The Bertz CT molecular complexity index is 507. The van der Waals surface area contributed by atoms with E-state index in [1.54, 1.807) is 6.07 Å². The molecule has 0 amide bonds. The molecule has 2 rings (SSSR count). The van der Waals surface area contributed by atoms with Crippen LogP contribution in [0.5, 0.6) is 0 Å². The Labute approximate surface area is 128 Å². The molecular weight excluding hydrogens is 299 g/mol. The normalized spacial score (nSPS) is 19.4. The van der Waals surface area contributed by atoms with E-state index in [2.05, 4.69) is 13.8 Å². The van der Waals surface area contributed by atoms with Gasteiger partial charge in [0, 0.05) is 16.5 Å². The van der Waals surface area contributed by atoms with E-state index < -0.39 is 11.7 Å². The van der Waals surface area contributed by atoms with Crippen LogP contribution in [0.15, 0.2) is 18.2 Å². The lowest BCUT2D eigenvalue weighted by molar-refractivity contribution is -0.137. The summed E-state index contributed by atoms with van der Waals surface area (Å²) in [5, 5.41) is 0.128. The summed E-state index contributed by atoms with van der Waals surface area (Å²) in [4.78, 5) is 0. The van der Waals surface area contributed by atoms with Crippen LogP contribution in [0.3, 0.4) is 0 Å². The summed E-state index contributed by atoms with van der Waals surface area (Å²) in [5.74, 6) is 0.416. The van der Waals surface area contributed by atoms with Crippen molar-refractivity contribution in [3.05, 3.63) is 34.3 Å². The van der Waals surface area contributed by atoms with Crippen LogP contribution in [0, 0.1) is 5.92 Å². The zero-order chi connectivity index (χ0) is 15.8. The average molecular weight is 320 g/mol. The van der Waals surface area contributed by atoms with Crippen LogP contribution in [0.1, 0.15) is 50.7 Å². The van der Waals surface area contributed by atoms with Gasteiger partial charge in [0.05, 0.1) is 5.56 Å². The summed E-state index contributed by atoms with van der Waals surface area (Å²) in [6.45, 7) is 4.15. The summed E-state index contributed by atoms with van der Waals surface area (Å²) >= 11 is 5.91. The third-order valence-electron chi connectivity index (χ3n) is 4.48. The predicted molar refractivity (Wildman–Crippen MR) is 79.4 cm³/mol. The fourth-order valence-corrected chi connectivity index (χ4v) is 3.44. The first-order valence-electron chi connectivity index (χ1n) is 7.29. The molecule has 2 N–H and O–H groups in total. The van der Waals surface area contributed by atoms with Gasteiger partial charge in [-0.15, -0.1) is 0 Å². The van der Waals surface area contributed by atoms with Crippen LogP contribution in [-0.4, -0.2) is 6.04 Å². The van der Waals surface area contributed by atoms with Gasteiger partial charge in [-0.25, -0.2) is 0 Å². The second kappa shape index (κ2) is 5.81. The molecular formula is C16H21ClF3N. The maximum Gasteiger partial charge on any atom is 0.416 e. The number of hydrogen-bond acceptors (Lipinski definition) is 1. The Balaban J connectivity index is 2.41. The molecule has 1 unspecified atom stereocenters. The maximum absolute atomic E-state index is 13.0. The molecule has 0 radical (unpaired) electrons. The molecule has 118 valence electrons. The SMILES string of the molecule is CC(C)CC(N)C1(c2cc(Cl)cc(C(F)(F)F)c2)CCC1. The molecule has 1 fully saturated rings. The van der Waals surface area contributed by atoms with Crippen molar-refractivity contribution < 1.29 is 13.2 Å². The molecule has 1 aliphatic rings. The van der Waals surface area contributed by atoms with E-state index in [4.69, 9.17) is 17.3 Å². The van der Waals surface area contributed by atoms with Gasteiger partial charge >= 0.3 is 6.18 Å². The summed E-state index contributed by atoms with van der Waals surface area (Å²) < 4.78 is 38.9. The zero-order valence-electron chi connectivity index (χ0n) is 12.3. The van der Waals surface area contributed by atoms with Gasteiger partial charge in [-0.2, -0.15) is 13.2 Å². The smallest absolute Gasteiger partial charge is 0.327 e. The zero-order valence-corrected chi connectivity index (χ0v) is 13.1. The Kier molecular flexibility index (Phi) is 4.60. The van der Waals surface area contributed by atoms with Gasteiger partial charge in [0.1, 0.15) is 0 Å². The van der Waals surface area contributed by atoms with E-state index in [9.17, 15) is 13.2 Å². The molecule has 1 saturated carbocycles. The lowest BCUT2D eigenvalue weighted by Crippen LogP contribution is -2.51. The first-order valence-corrected chi connectivity index (χ1v) is 7.67. The highest BCUT2D eigenvalue weighted by molar-refractivity contribution is 6.30. The summed E-state index contributed by atoms with van der Waals surface area (Å²) in [7, 11) is 0. The fourth-order valence-electron chi connectivity index (χ4n) is 3.21. The maximum atomic E-state index is 13.0. The van der Waals surface area contributed by atoms with Gasteiger partial charge in [-0.1, -0.05) is 31.9 Å². The first-order chi connectivity index (χ1) is 9.65. The molecule has 0 aliphatic heterocycles. The standard InChI is InChI=1S/C16H21ClF3N/c1-10(2)6-14(21)15(4-3-5-15)11-7-12(16(18,19)20)9-13(17)8-11/h7-10,14H,3-6,21H2,1-2H3. The summed E-state index contributed by atoms with van der Waals surface area (Å²) in [6, 6.07) is 3.72. The van der Waals surface area contributed by atoms with Crippen LogP contribution < -0.4 is 5.73 Å². The molecule has 0 aromatic heterocycles. The molecule has 1 atom stereocenters. The molecule has 1 aromatic rings. The molecule has 0 spiro atoms. The van der Waals surface area contributed by atoms with Crippen LogP contribution in [-0.2, 0) is 11.6 Å². The molecule has 1 aliphatic carbocycles. The third kappa shape index (κ3) is 3.37. The van der Waals surface area contributed by atoms with Gasteiger partial charge in [0.2, 0.25) is 0 Å². The van der Waals surface area contributed by atoms with Crippen LogP contribution in [0.25, 0.3) is 0 Å². The van der Waals surface area contributed by atoms with Gasteiger partial charge in [0.25, 0.3) is 0 Å². The highest BCUT2D eigenvalue weighted by Gasteiger charge is 2.45. The lowest BCUT2D eigenvalue weighted by atomic mass is 9.59. The first kappa shape index (κ1) is 16.6. The Hall–Kier alpha value is -0.740. The molecule has 0 saturated heterocycles. The molecule has 1 aromatic carbocycles. The quantitative estimate of drug-likeness (QED) is 0.815. The minimum atomic E-state index is -4.38. The topological polar surface area (TPSA) is 26.0 Å². The van der Waals surface area contributed by atoms with E-state index >= 15 is 0 Å². The van der Waals surface area contributed by atoms with Crippen LogP contribution in [0.4, 0.5) is 13.2 Å². The number of alkyl halides is 3. The third-order valence-corrected chi connectivity index (χ3v) is 4.70. The molecule has 1 nitrogen and oxygen atoms in total. The lowest BCUT2D eigenvalue weighted by Gasteiger charge is -2.48. The Morgan fingerprint density at radius 2 is 1.86 bits per heavy atom. The van der Waals surface area contributed by atoms with Crippen molar-refractivity contribution in [2.24, 2.45) is 11.7 Å². The average Bonchev–Trinajstić information content (AvgIpc) is 2.24. The van der Waals surface area contributed by atoms with Gasteiger partial charge < -0.3 is 5.73 Å². The van der Waals surface area contributed by atoms with Gasteiger partial charge in [-0.3, -0.25) is 0 Å². The van der Waals surface area contributed by atoms with E-state index in [0.717, 1.165) is 31.7 Å². The number of hydrogen-bond donors (Lipinski definition) is 1. The van der Waals surface area contributed by atoms with Crippen molar-refractivity contribution in [3.63, 3.8) is 0 Å². The van der Waals surface area contributed by atoms with E-state index in [1.807, 2.05) is 0 Å². The number of nitrogens with two attached hydrogens (primary N) is 1. The van der Waals surface area contributed by atoms with Crippen LogP contribution >= 0.6 is 11.6 Å². The van der Waals surface area contributed by atoms with Crippen molar-refractivity contribution >= 4 is 11.6 Å². The van der Waals surface area contributed by atoms with Crippen molar-refractivity contribution in [2.75, 3.05) is 0 Å². The number of halogens is 4. The van der Waals surface area contributed by atoms with Crippen molar-refractivity contribution in [2.45, 2.75) is 57.2 Å². The molecule has 0 bridgehead atoms. The van der Waals surface area contributed by atoms with Crippen molar-refractivity contribution in [1.82, 2.24) is 0 Å². The van der Waals surface area contributed by atoms with E-state index in [-0.39, 0.29) is 16.5 Å². The minimum absolute atomic E-state index is 0.128. The summed E-state index contributed by atoms with van der Waals surface area (Å²) in [5.41, 5.74) is 5.93. The predicted octanol–water partition coefficient (Wildman–Crippen LogP) is 5.15. The van der Waals surface area contributed by atoms with Crippen LogP contribution in [0.2, 0.25) is 5.02 Å². The minimum Gasteiger partial charge on any atom is -0.327 e. The van der Waals surface area contributed by atoms with Crippen molar-refractivity contribution in [3.8, 4) is 0 Å². The highest BCUT2D eigenvalue weighted by atomic mass is 35.5.